The molecule has 0 spiro atoms. The van der Waals surface area contributed by atoms with E-state index in [2.05, 4.69) is 35.1 Å². The maximum Gasteiger partial charge on any atom is 0.137 e. The van der Waals surface area contributed by atoms with E-state index in [-0.39, 0.29) is 6.17 Å². The summed E-state index contributed by atoms with van der Waals surface area (Å²) in [6.07, 6.45) is 2.60. The zero-order valence-electron chi connectivity index (χ0n) is 13.2. The van der Waals surface area contributed by atoms with Gasteiger partial charge in [0.15, 0.2) is 0 Å². The van der Waals surface area contributed by atoms with Crippen LogP contribution in [0.15, 0.2) is 54.6 Å². The van der Waals surface area contributed by atoms with Gasteiger partial charge < -0.3 is 15.7 Å². The number of hydrogen-bond donors (Lipinski definition) is 2. The van der Waals surface area contributed by atoms with Crippen molar-refractivity contribution in [2.75, 3.05) is 24.2 Å². The standard InChI is InChI=1S/C19H21N3O/c1-21-17-9-5-3-7-15(17)19(23)22-11-10-13(12-18(21)22)14-6-2-4-8-16(14)20/h2-9,12,18-19,23H,10-11,20H2,1H3. The lowest BCUT2D eigenvalue weighted by Gasteiger charge is -2.48. The molecule has 4 rings (SSSR count). The molecular formula is C19H21N3O. The average Bonchev–Trinajstić information content (AvgIpc) is 2.60. The number of nitrogens with two attached hydrogens (primary N) is 1. The lowest BCUT2D eigenvalue weighted by Crippen LogP contribution is -2.53. The van der Waals surface area contributed by atoms with Crippen LogP contribution >= 0.6 is 0 Å². The molecule has 0 aliphatic carbocycles. The molecule has 3 N–H and O–H groups in total. The number of anilines is 2. The molecule has 4 nitrogen and oxygen atoms in total. The van der Waals surface area contributed by atoms with Crippen LogP contribution in [0.25, 0.3) is 5.57 Å². The zero-order valence-corrected chi connectivity index (χ0v) is 13.2. The van der Waals surface area contributed by atoms with Gasteiger partial charge >= 0.3 is 0 Å². The molecule has 2 aliphatic rings. The van der Waals surface area contributed by atoms with E-state index in [1.807, 2.05) is 36.4 Å². The predicted molar refractivity (Wildman–Crippen MR) is 93.7 cm³/mol. The highest BCUT2D eigenvalue weighted by Gasteiger charge is 2.37. The highest BCUT2D eigenvalue weighted by atomic mass is 16.3. The fourth-order valence-electron chi connectivity index (χ4n) is 3.70. The first-order valence-electron chi connectivity index (χ1n) is 7.98. The minimum absolute atomic E-state index is 0.0447. The summed E-state index contributed by atoms with van der Waals surface area (Å²) in [5, 5.41) is 10.7. The van der Waals surface area contributed by atoms with Crippen molar-refractivity contribution in [2.45, 2.75) is 18.8 Å². The Labute approximate surface area is 136 Å². The van der Waals surface area contributed by atoms with Gasteiger partial charge in [-0.1, -0.05) is 36.4 Å². The van der Waals surface area contributed by atoms with Gasteiger partial charge in [0.05, 0.1) is 0 Å². The Morgan fingerprint density at radius 3 is 2.65 bits per heavy atom. The van der Waals surface area contributed by atoms with Crippen molar-refractivity contribution in [1.82, 2.24) is 4.90 Å². The number of rotatable bonds is 1. The Morgan fingerprint density at radius 1 is 1.09 bits per heavy atom. The predicted octanol–water partition coefficient (Wildman–Crippen LogP) is 2.82. The molecule has 0 radical (unpaired) electrons. The number of para-hydroxylation sites is 2. The summed E-state index contributed by atoms with van der Waals surface area (Å²) in [6.45, 7) is 0.810. The minimum atomic E-state index is -0.557. The summed E-state index contributed by atoms with van der Waals surface area (Å²) < 4.78 is 0. The number of likely N-dealkylation sites (N-methyl/N-ethyl adjacent to an activating group) is 1. The molecule has 0 saturated heterocycles. The lowest BCUT2D eigenvalue weighted by atomic mass is 9.93. The van der Waals surface area contributed by atoms with Crippen molar-refractivity contribution in [3.63, 3.8) is 0 Å². The van der Waals surface area contributed by atoms with Crippen LogP contribution in [0.4, 0.5) is 11.4 Å². The molecule has 0 aromatic heterocycles. The van der Waals surface area contributed by atoms with Gasteiger partial charge in [0.2, 0.25) is 0 Å². The summed E-state index contributed by atoms with van der Waals surface area (Å²) in [6, 6.07) is 16.1. The normalized spacial score (nSPS) is 23.9. The highest BCUT2D eigenvalue weighted by molar-refractivity contribution is 5.76. The van der Waals surface area contributed by atoms with E-state index in [4.69, 9.17) is 5.73 Å². The van der Waals surface area contributed by atoms with Crippen LogP contribution in [-0.2, 0) is 0 Å². The Hall–Kier alpha value is -2.30. The molecular weight excluding hydrogens is 286 g/mol. The van der Waals surface area contributed by atoms with Gasteiger partial charge in [0, 0.05) is 36.1 Å². The number of nitrogens with zero attached hydrogens (tertiary/aromatic N) is 2. The van der Waals surface area contributed by atoms with Crippen LogP contribution in [0.3, 0.4) is 0 Å². The Kier molecular flexibility index (Phi) is 3.36. The van der Waals surface area contributed by atoms with Crippen LogP contribution in [0, 0.1) is 0 Å². The number of fused-ring (bicyclic) bond motifs is 2. The summed E-state index contributed by atoms with van der Waals surface area (Å²) in [5.74, 6) is 0. The fourth-order valence-corrected chi connectivity index (χ4v) is 3.70. The van der Waals surface area contributed by atoms with E-state index in [9.17, 15) is 5.11 Å². The fraction of sp³-hybridized carbons (Fsp3) is 0.263. The van der Waals surface area contributed by atoms with Crippen molar-refractivity contribution in [1.29, 1.82) is 0 Å². The summed E-state index contributed by atoms with van der Waals surface area (Å²) in [5.41, 5.74) is 11.4. The van der Waals surface area contributed by atoms with Gasteiger partial charge in [-0.2, -0.15) is 0 Å². The van der Waals surface area contributed by atoms with Gasteiger partial charge in [-0.15, -0.1) is 0 Å². The molecule has 0 fully saturated rings. The molecule has 118 valence electrons. The first-order chi connectivity index (χ1) is 11.2. The summed E-state index contributed by atoms with van der Waals surface area (Å²) in [7, 11) is 2.08. The van der Waals surface area contributed by atoms with E-state index >= 15 is 0 Å². The highest BCUT2D eigenvalue weighted by Crippen LogP contribution is 2.40. The maximum atomic E-state index is 10.7. The molecule has 0 bridgehead atoms. The smallest absolute Gasteiger partial charge is 0.137 e. The lowest BCUT2D eigenvalue weighted by molar-refractivity contribution is -0.0241. The van der Waals surface area contributed by atoms with Crippen LogP contribution in [0.5, 0.6) is 0 Å². The first kappa shape index (κ1) is 14.3. The third-order valence-electron chi connectivity index (χ3n) is 4.94. The summed E-state index contributed by atoms with van der Waals surface area (Å²) in [4.78, 5) is 4.35. The van der Waals surface area contributed by atoms with Crippen molar-refractivity contribution in [3.8, 4) is 0 Å². The average molecular weight is 307 g/mol. The molecule has 2 atom stereocenters. The van der Waals surface area contributed by atoms with Crippen molar-refractivity contribution < 1.29 is 5.11 Å². The van der Waals surface area contributed by atoms with Crippen LogP contribution in [0.2, 0.25) is 0 Å². The molecule has 2 heterocycles. The second kappa shape index (κ2) is 5.41. The number of nitrogen functional groups attached to an aromatic ring is 1. The van der Waals surface area contributed by atoms with E-state index in [1.54, 1.807) is 0 Å². The molecule has 2 aromatic carbocycles. The number of aliphatic hydroxyl groups excluding tert-OH is 1. The quantitative estimate of drug-likeness (QED) is 0.796. The van der Waals surface area contributed by atoms with Crippen LogP contribution in [-0.4, -0.2) is 29.8 Å². The first-order valence-corrected chi connectivity index (χ1v) is 7.98. The molecule has 0 saturated carbocycles. The maximum absolute atomic E-state index is 10.7. The topological polar surface area (TPSA) is 52.7 Å². The minimum Gasteiger partial charge on any atom is -0.398 e. The molecule has 23 heavy (non-hydrogen) atoms. The number of benzene rings is 2. The number of aliphatic hydroxyl groups is 1. The van der Waals surface area contributed by atoms with E-state index < -0.39 is 6.23 Å². The van der Waals surface area contributed by atoms with Gasteiger partial charge in [-0.05, 0) is 30.2 Å². The second-order valence-corrected chi connectivity index (χ2v) is 6.22. The Balaban J connectivity index is 1.77. The van der Waals surface area contributed by atoms with Gasteiger partial charge in [-0.25, -0.2) is 0 Å². The van der Waals surface area contributed by atoms with Crippen molar-refractivity contribution in [3.05, 3.63) is 65.7 Å². The largest absolute Gasteiger partial charge is 0.398 e. The summed E-state index contributed by atoms with van der Waals surface area (Å²) >= 11 is 0. The van der Waals surface area contributed by atoms with E-state index in [0.717, 1.165) is 35.5 Å². The Bertz CT molecular complexity index is 771. The SMILES string of the molecule is CN1c2ccccc2C(O)N2CCC(c3ccccc3N)=CC12. The molecule has 2 aliphatic heterocycles. The number of hydrogen-bond acceptors (Lipinski definition) is 4. The third-order valence-corrected chi connectivity index (χ3v) is 4.94. The monoisotopic (exact) mass is 307 g/mol. The molecule has 2 unspecified atom stereocenters. The van der Waals surface area contributed by atoms with E-state index in [0.29, 0.717) is 0 Å². The van der Waals surface area contributed by atoms with Crippen LogP contribution in [0.1, 0.15) is 23.8 Å². The molecule has 0 amide bonds. The van der Waals surface area contributed by atoms with Gasteiger partial charge in [-0.3, -0.25) is 4.90 Å². The molecule has 2 aromatic rings. The Morgan fingerprint density at radius 2 is 1.83 bits per heavy atom. The van der Waals surface area contributed by atoms with E-state index in [1.165, 1.54) is 5.57 Å². The van der Waals surface area contributed by atoms with Crippen molar-refractivity contribution in [2.24, 2.45) is 0 Å². The van der Waals surface area contributed by atoms with Crippen molar-refractivity contribution >= 4 is 16.9 Å². The second-order valence-electron chi connectivity index (χ2n) is 6.22. The zero-order chi connectivity index (χ0) is 16.0. The third kappa shape index (κ3) is 2.22. The van der Waals surface area contributed by atoms with Gasteiger partial charge in [0.25, 0.3) is 0 Å². The van der Waals surface area contributed by atoms with Gasteiger partial charge in [0.1, 0.15) is 12.4 Å². The molecule has 4 heteroatoms. The van der Waals surface area contributed by atoms with Crippen LogP contribution < -0.4 is 10.6 Å².